The van der Waals surface area contributed by atoms with Crippen molar-refractivity contribution < 1.29 is 53.8 Å². The number of carbonyl (C=O) groups excluding carboxylic acids is 1. The van der Waals surface area contributed by atoms with Gasteiger partial charge in [-0.1, -0.05) is 35.9 Å². The highest BCUT2D eigenvalue weighted by Gasteiger charge is 2.53. The summed E-state index contributed by atoms with van der Waals surface area (Å²) in [5.41, 5.74) is -1.71. The lowest BCUT2D eigenvalue weighted by molar-refractivity contribution is -0.154. The number of methoxy groups -OCH3 is 1. The summed E-state index contributed by atoms with van der Waals surface area (Å²) < 4.78 is 124. The van der Waals surface area contributed by atoms with Crippen LogP contribution in [0.1, 0.15) is 24.0 Å². The first-order valence-electron chi connectivity index (χ1n) is 15.0. The minimum absolute atomic E-state index is 0.0901. The number of pyridine rings is 1. The number of benzene rings is 3. The molecule has 1 fully saturated rings. The molecule has 0 unspecified atom stereocenters. The third-order valence-corrected chi connectivity index (χ3v) is 9.72. The van der Waals surface area contributed by atoms with Crippen LogP contribution in [0.25, 0.3) is 27.4 Å². The maximum atomic E-state index is 13.8. The summed E-state index contributed by atoms with van der Waals surface area (Å²) >= 11 is 6.50. The van der Waals surface area contributed by atoms with E-state index in [2.05, 4.69) is 9.71 Å². The van der Waals surface area contributed by atoms with Crippen LogP contribution in [0.2, 0.25) is 5.02 Å². The van der Waals surface area contributed by atoms with E-state index in [9.17, 15) is 44.3 Å². The number of aromatic amines is 1. The third kappa shape index (κ3) is 7.30. The highest BCUT2D eigenvalue weighted by Crippen LogP contribution is 2.51. The summed E-state index contributed by atoms with van der Waals surface area (Å²) in [7, 11) is -2.85. The number of carbonyl (C=O) groups is 1. The molecule has 0 aliphatic heterocycles. The molecule has 2 N–H and O–H groups in total. The fourth-order valence-electron chi connectivity index (χ4n) is 5.86. The summed E-state index contributed by atoms with van der Waals surface area (Å²) in [4.78, 5) is 29.7. The van der Waals surface area contributed by atoms with Crippen molar-refractivity contribution in [3.05, 3.63) is 93.5 Å². The van der Waals surface area contributed by atoms with Gasteiger partial charge in [-0.05, 0) is 48.7 Å². The van der Waals surface area contributed by atoms with Crippen molar-refractivity contribution in [3.8, 4) is 22.9 Å². The first-order valence-corrected chi connectivity index (χ1v) is 17.0. The number of para-hydroxylation sites is 1. The lowest BCUT2D eigenvalue weighted by Gasteiger charge is -2.18. The molecule has 1 aliphatic carbocycles. The molecule has 51 heavy (non-hydrogen) atoms. The van der Waals surface area contributed by atoms with Crippen molar-refractivity contribution in [2.45, 2.75) is 36.4 Å². The molecular formula is C33H26ClF6N3O7S. The van der Waals surface area contributed by atoms with Gasteiger partial charge >= 0.3 is 12.4 Å². The van der Waals surface area contributed by atoms with Crippen LogP contribution in [0.3, 0.4) is 0 Å². The van der Waals surface area contributed by atoms with Gasteiger partial charge in [-0.3, -0.25) is 18.9 Å². The van der Waals surface area contributed by atoms with Gasteiger partial charge in [-0.25, -0.2) is 8.42 Å². The van der Waals surface area contributed by atoms with Crippen LogP contribution in [-0.4, -0.2) is 56.6 Å². The number of fused-ring (bicyclic) bond motifs is 2. The minimum Gasteiger partial charge on any atom is -0.496 e. The number of ether oxygens (including phenoxy) is 3. The summed E-state index contributed by atoms with van der Waals surface area (Å²) in [6, 6.07) is 13.1. The van der Waals surface area contributed by atoms with Gasteiger partial charge in [-0.15, -0.1) is 0 Å². The Morgan fingerprint density at radius 2 is 1.63 bits per heavy atom. The lowest BCUT2D eigenvalue weighted by atomic mass is 9.94. The zero-order chi connectivity index (χ0) is 36.9. The number of rotatable bonds is 11. The standard InChI is InChI=1S/C33H26ClF6N3O7S/c1-48-24-7-3-2-6-21(24)31(10-11-31)30(45)42-51(46,47)15-18-8-9-23(22(34)13-18)43-14-20-25(29(43)44)27(49-16-32(35,36)37)19-5-4-12-41-26(19)28(20)50-17-33(38,39)40/h2-9,12-14,41H,10-11,15-17H2,1H3,(H,42,45). The zero-order valence-corrected chi connectivity index (χ0v) is 27.8. The van der Waals surface area contributed by atoms with E-state index in [1.807, 2.05) is 0 Å². The molecule has 270 valence electrons. The van der Waals surface area contributed by atoms with Crippen molar-refractivity contribution in [2.75, 3.05) is 20.3 Å². The number of halogens is 7. The zero-order valence-electron chi connectivity index (χ0n) is 26.2. The Kier molecular flexibility index (Phi) is 9.16. The Bertz CT molecular complexity index is 2330. The number of amides is 1. The van der Waals surface area contributed by atoms with Gasteiger partial charge in [0.05, 0.1) is 45.3 Å². The van der Waals surface area contributed by atoms with Crippen molar-refractivity contribution >= 4 is 49.2 Å². The normalized spacial score (nSPS) is 14.4. The van der Waals surface area contributed by atoms with E-state index in [1.54, 1.807) is 24.3 Å². The molecule has 2 heterocycles. The monoisotopic (exact) mass is 757 g/mol. The molecule has 0 saturated heterocycles. The molecule has 1 aliphatic rings. The van der Waals surface area contributed by atoms with Crippen molar-refractivity contribution in [3.63, 3.8) is 0 Å². The van der Waals surface area contributed by atoms with Gasteiger partial charge < -0.3 is 19.2 Å². The summed E-state index contributed by atoms with van der Waals surface area (Å²) in [6.07, 6.45) is -6.51. The van der Waals surface area contributed by atoms with Crippen molar-refractivity contribution in [1.82, 2.24) is 14.3 Å². The van der Waals surface area contributed by atoms with E-state index in [-0.39, 0.29) is 32.6 Å². The number of nitrogens with one attached hydrogen (secondary N) is 2. The Morgan fingerprint density at radius 1 is 0.961 bits per heavy atom. The minimum atomic E-state index is -4.83. The molecule has 0 spiro atoms. The SMILES string of the molecule is COc1ccccc1C1(C(=O)NS(=O)(=O)Cc2ccc(-n3cc4c(OCC(F)(F)F)c5[nH]cccc5c(OCC(F)(F)F)c4c3=O)c(Cl)c2)CC1. The molecule has 0 atom stereocenters. The second-order valence-electron chi connectivity index (χ2n) is 11.8. The van der Waals surface area contributed by atoms with Crippen LogP contribution in [0, 0.1) is 0 Å². The predicted molar refractivity (Wildman–Crippen MR) is 174 cm³/mol. The summed E-state index contributed by atoms with van der Waals surface area (Å²) in [5.74, 6) is -2.05. The fraction of sp³-hybridized carbons (Fsp3) is 0.273. The lowest BCUT2D eigenvalue weighted by Crippen LogP contribution is -2.39. The van der Waals surface area contributed by atoms with Gasteiger partial charge in [0.25, 0.3) is 5.56 Å². The highest BCUT2D eigenvalue weighted by atomic mass is 35.5. The number of aromatic nitrogens is 2. The molecular weight excluding hydrogens is 732 g/mol. The van der Waals surface area contributed by atoms with Crippen LogP contribution in [-0.2, 0) is 26.0 Å². The molecule has 0 bridgehead atoms. The van der Waals surface area contributed by atoms with E-state index in [0.717, 1.165) is 10.8 Å². The number of sulfonamides is 1. The molecule has 0 radical (unpaired) electrons. The number of nitrogens with zero attached hydrogens (tertiary/aromatic N) is 1. The topological polar surface area (TPSA) is 129 Å². The quantitative estimate of drug-likeness (QED) is 0.144. The third-order valence-electron chi connectivity index (χ3n) is 8.20. The average molecular weight is 758 g/mol. The average Bonchev–Trinajstić information content (AvgIpc) is 3.80. The molecule has 3 aromatic carbocycles. The van der Waals surface area contributed by atoms with Crippen LogP contribution < -0.4 is 24.5 Å². The number of alkyl halides is 6. The second-order valence-corrected chi connectivity index (χ2v) is 13.9. The smallest absolute Gasteiger partial charge is 0.422 e. The highest BCUT2D eigenvalue weighted by molar-refractivity contribution is 7.89. The Labute approximate surface area is 289 Å². The maximum Gasteiger partial charge on any atom is 0.422 e. The summed E-state index contributed by atoms with van der Waals surface area (Å²) in [5, 5.41) is -1.19. The number of hydrogen-bond donors (Lipinski definition) is 2. The molecule has 5 aromatic rings. The van der Waals surface area contributed by atoms with Gasteiger partial charge in [0.2, 0.25) is 15.9 Å². The van der Waals surface area contributed by atoms with Crippen molar-refractivity contribution in [2.24, 2.45) is 0 Å². The first-order chi connectivity index (χ1) is 23.9. The van der Waals surface area contributed by atoms with E-state index < -0.39 is 75.1 Å². The van der Waals surface area contributed by atoms with Gasteiger partial charge in [-0.2, -0.15) is 26.3 Å². The molecule has 18 heteroatoms. The molecule has 2 aromatic heterocycles. The number of hydrogen-bond acceptors (Lipinski definition) is 7. The maximum absolute atomic E-state index is 13.8. The van der Waals surface area contributed by atoms with Crippen LogP contribution >= 0.6 is 11.6 Å². The van der Waals surface area contributed by atoms with Gasteiger partial charge in [0.15, 0.2) is 19.0 Å². The van der Waals surface area contributed by atoms with E-state index >= 15 is 0 Å². The van der Waals surface area contributed by atoms with Gasteiger partial charge in [0, 0.05) is 23.3 Å². The molecule has 10 nitrogen and oxygen atoms in total. The van der Waals surface area contributed by atoms with E-state index in [4.69, 9.17) is 25.8 Å². The Balaban J connectivity index is 1.35. The molecule has 1 amide bonds. The van der Waals surface area contributed by atoms with E-state index in [0.29, 0.717) is 24.2 Å². The Hall–Kier alpha value is -4.90. The Morgan fingerprint density at radius 3 is 2.25 bits per heavy atom. The van der Waals surface area contributed by atoms with Crippen LogP contribution in [0.4, 0.5) is 26.3 Å². The van der Waals surface area contributed by atoms with Gasteiger partial charge in [0.1, 0.15) is 11.5 Å². The molecule has 6 rings (SSSR count). The summed E-state index contributed by atoms with van der Waals surface area (Å²) in [6.45, 7) is -3.61. The fourth-order valence-corrected chi connectivity index (χ4v) is 7.33. The predicted octanol–water partition coefficient (Wildman–Crippen LogP) is 6.69. The molecule has 1 saturated carbocycles. The van der Waals surface area contributed by atoms with Crippen LogP contribution in [0.5, 0.6) is 17.2 Å². The largest absolute Gasteiger partial charge is 0.496 e. The number of H-pyrrole nitrogens is 1. The van der Waals surface area contributed by atoms with Crippen molar-refractivity contribution in [1.29, 1.82) is 0 Å². The van der Waals surface area contributed by atoms with Crippen LogP contribution in [0.15, 0.2) is 71.8 Å². The first kappa shape index (κ1) is 35.9. The van der Waals surface area contributed by atoms with E-state index in [1.165, 1.54) is 43.6 Å². The second kappa shape index (κ2) is 13.0.